The molecule has 0 saturated heterocycles. The monoisotopic (exact) mass is 432 g/mol. The van der Waals surface area contributed by atoms with Gasteiger partial charge in [0.05, 0.1) is 7.11 Å². The van der Waals surface area contributed by atoms with Crippen molar-refractivity contribution in [2.24, 2.45) is 0 Å². The van der Waals surface area contributed by atoms with Crippen LogP contribution < -0.4 is 14.8 Å². The molecule has 0 atom stereocenters. The van der Waals surface area contributed by atoms with Crippen molar-refractivity contribution in [3.63, 3.8) is 0 Å². The topological polar surface area (TPSA) is 88.4 Å². The highest BCUT2D eigenvalue weighted by molar-refractivity contribution is 6.01. The Morgan fingerprint density at radius 2 is 1.78 bits per heavy atom. The van der Waals surface area contributed by atoms with Gasteiger partial charge in [-0.05, 0) is 53.3 Å². The van der Waals surface area contributed by atoms with Crippen molar-refractivity contribution in [2.75, 3.05) is 13.7 Å². The number of benzene rings is 2. The fourth-order valence-electron chi connectivity index (χ4n) is 2.81. The smallest absolute Gasteiger partial charge is 0.336 e. The predicted octanol–water partition coefficient (Wildman–Crippen LogP) is 4.87. The van der Waals surface area contributed by atoms with Crippen molar-refractivity contribution in [3.8, 4) is 17.6 Å². The number of hydrogen-bond acceptors (Lipinski definition) is 5. The number of nitrogens with zero attached hydrogens (tertiary/aromatic N) is 1. The van der Waals surface area contributed by atoms with E-state index in [1.165, 1.54) is 24.8 Å². The maximum atomic E-state index is 12.3. The minimum Gasteiger partial charge on any atom is -0.493 e. The lowest BCUT2D eigenvalue weighted by molar-refractivity contribution is -0.129. The van der Waals surface area contributed by atoms with Gasteiger partial charge in [0.15, 0.2) is 11.5 Å². The summed E-state index contributed by atoms with van der Waals surface area (Å²) in [7, 11) is 1.45. The zero-order valence-electron chi connectivity index (χ0n) is 18.8. The standard InChI is InChI=1S/C26H28N2O4/c1-5-14-28-26(30)22(17-27)15-20-8-12-23(24(16-20)31-4)32-25(29)13-9-19-6-10-21(11-7-19)18(2)3/h6-13,15-16,18H,5,14H2,1-4H3,(H,28,30). The average molecular weight is 433 g/mol. The SMILES string of the molecule is CCCNC(=O)C(C#N)=Cc1ccc(OC(=O)C=Cc2ccc(C(C)C)cc2)c(OC)c1. The number of nitrogens with one attached hydrogen (secondary N) is 1. The highest BCUT2D eigenvalue weighted by atomic mass is 16.6. The second-order valence-corrected chi connectivity index (χ2v) is 7.41. The molecule has 2 aromatic carbocycles. The van der Waals surface area contributed by atoms with Crippen molar-refractivity contribution in [1.29, 1.82) is 5.26 Å². The van der Waals surface area contributed by atoms with Crippen LogP contribution in [-0.2, 0) is 9.59 Å². The Morgan fingerprint density at radius 3 is 2.38 bits per heavy atom. The molecule has 166 valence electrons. The Kier molecular flexibility index (Phi) is 9.24. The third-order valence-electron chi connectivity index (χ3n) is 4.62. The lowest BCUT2D eigenvalue weighted by Gasteiger charge is -2.09. The molecule has 0 fully saturated rings. The Morgan fingerprint density at radius 1 is 1.09 bits per heavy atom. The summed E-state index contributed by atoms with van der Waals surface area (Å²) in [5.41, 5.74) is 2.68. The second kappa shape index (κ2) is 12.1. The van der Waals surface area contributed by atoms with Crippen LogP contribution in [0.2, 0.25) is 0 Å². The molecule has 1 amide bonds. The van der Waals surface area contributed by atoms with Crippen LogP contribution >= 0.6 is 0 Å². The number of methoxy groups -OCH3 is 1. The minimum absolute atomic E-state index is 0.0170. The number of amides is 1. The molecule has 32 heavy (non-hydrogen) atoms. The van der Waals surface area contributed by atoms with Crippen molar-refractivity contribution >= 4 is 24.0 Å². The van der Waals surface area contributed by atoms with Gasteiger partial charge in [0.2, 0.25) is 0 Å². The van der Waals surface area contributed by atoms with E-state index in [1.54, 1.807) is 24.3 Å². The molecule has 0 saturated carbocycles. The van der Waals surface area contributed by atoms with Crippen LogP contribution in [0.3, 0.4) is 0 Å². The molecule has 2 rings (SSSR count). The van der Waals surface area contributed by atoms with Gasteiger partial charge < -0.3 is 14.8 Å². The summed E-state index contributed by atoms with van der Waals surface area (Å²) in [5, 5.41) is 11.9. The molecule has 6 nitrogen and oxygen atoms in total. The van der Waals surface area contributed by atoms with Crippen molar-refractivity contribution < 1.29 is 19.1 Å². The normalized spacial score (nSPS) is 11.3. The Labute approximate surface area is 189 Å². The lowest BCUT2D eigenvalue weighted by atomic mass is 10.0. The van der Waals surface area contributed by atoms with Gasteiger partial charge in [-0.1, -0.05) is 51.1 Å². The molecule has 0 bridgehead atoms. The van der Waals surface area contributed by atoms with Crippen molar-refractivity contribution in [2.45, 2.75) is 33.1 Å². The fourth-order valence-corrected chi connectivity index (χ4v) is 2.81. The zero-order valence-corrected chi connectivity index (χ0v) is 18.8. The first-order valence-corrected chi connectivity index (χ1v) is 10.5. The Balaban J connectivity index is 2.12. The van der Waals surface area contributed by atoms with E-state index < -0.39 is 11.9 Å². The Hall–Kier alpha value is -3.85. The van der Waals surface area contributed by atoms with E-state index in [4.69, 9.17) is 9.47 Å². The van der Waals surface area contributed by atoms with Gasteiger partial charge in [-0.25, -0.2) is 4.79 Å². The number of esters is 1. The number of ether oxygens (including phenoxy) is 2. The average Bonchev–Trinajstić information content (AvgIpc) is 2.80. The first-order chi connectivity index (χ1) is 15.4. The van der Waals surface area contributed by atoms with Gasteiger partial charge >= 0.3 is 5.97 Å². The molecule has 0 aliphatic rings. The van der Waals surface area contributed by atoms with Crippen LogP contribution in [0, 0.1) is 11.3 Å². The number of hydrogen-bond donors (Lipinski definition) is 1. The van der Waals surface area contributed by atoms with Crippen LogP contribution in [-0.4, -0.2) is 25.5 Å². The van der Waals surface area contributed by atoms with Crippen LogP contribution in [0.1, 0.15) is 49.8 Å². The largest absolute Gasteiger partial charge is 0.493 e. The van der Waals surface area contributed by atoms with Gasteiger partial charge in [0.25, 0.3) is 5.91 Å². The summed E-state index contributed by atoms with van der Waals surface area (Å²) in [6, 6.07) is 14.7. The van der Waals surface area contributed by atoms with Crippen LogP contribution in [0.4, 0.5) is 0 Å². The highest BCUT2D eigenvalue weighted by Gasteiger charge is 2.12. The summed E-state index contributed by atoms with van der Waals surface area (Å²) in [5.74, 6) is 0.0150. The van der Waals surface area contributed by atoms with Crippen LogP contribution in [0.5, 0.6) is 11.5 Å². The summed E-state index contributed by atoms with van der Waals surface area (Å²) < 4.78 is 10.7. The van der Waals surface area contributed by atoms with Gasteiger partial charge in [-0.15, -0.1) is 0 Å². The number of carbonyl (C=O) groups is 2. The quantitative estimate of drug-likeness (QED) is 0.264. The molecular weight excluding hydrogens is 404 g/mol. The molecule has 6 heteroatoms. The van der Waals surface area contributed by atoms with Gasteiger partial charge in [0, 0.05) is 12.6 Å². The number of nitriles is 1. The summed E-state index contributed by atoms with van der Waals surface area (Å²) in [4.78, 5) is 24.3. The maximum absolute atomic E-state index is 12.3. The number of rotatable bonds is 9. The molecule has 0 aliphatic carbocycles. The van der Waals surface area contributed by atoms with E-state index in [-0.39, 0.29) is 11.3 Å². The molecule has 0 radical (unpaired) electrons. The molecule has 2 aromatic rings. The summed E-state index contributed by atoms with van der Waals surface area (Å²) in [6.45, 7) is 6.67. The van der Waals surface area contributed by atoms with E-state index in [0.29, 0.717) is 23.8 Å². The molecule has 0 spiro atoms. The third kappa shape index (κ3) is 7.13. The van der Waals surface area contributed by atoms with Gasteiger partial charge in [0.1, 0.15) is 11.6 Å². The van der Waals surface area contributed by atoms with E-state index in [1.807, 2.05) is 37.3 Å². The van der Waals surface area contributed by atoms with E-state index in [9.17, 15) is 14.9 Å². The van der Waals surface area contributed by atoms with E-state index >= 15 is 0 Å². The lowest BCUT2D eigenvalue weighted by Crippen LogP contribution is -2.25. The highest BCUT2D eigenvalue weighted by Crippen LogP contribution is 2.29. The molecule has 0 heterocycles. The minimum atomic E-state index is -0.545. The molecule has 0 aromatic heterocycles. The molecule has 0 aliphatic heterocycles. The fraction of sp³-hybridized carbons (Fsp3) is 0.269. The van der Waals surface area contributed by atoms with E-state index in [2.05, 4.69) is 19.2 Å². The van der Waals surface area contributed by atoms with Crippen molar-refractivity contribution in [3.05, 3.63) is 70.8 Å². The van der Waals surface area contributed by atoms with E-state index in [0.717, 1.165) is 12.0 Å². The first-order valence-electron chi connectivity index (χ1n) is 10.5. The Bertz CT molecular complexity index is 1040. The van der Waals surface area contributed by atoms with Gasteiger partial charge in [-0.3, -0.25) is 4.79 Å². The zero-order chi connectivity index (χ0) is 23.5. The third-order valence-corrected chi connectivity index (χ3v) is 4.62. The molecule has 1 N–H and O–H groups in total. The van der Waals surface area contributed by atoms with Gasteiger partial charge in [-0.2, -0.15) is 5.26 Å². The van der Waals surface area contributed by atoms with Crippen molar-refractivity contribution in [1.82, 2.24) is 5.32 Å². The molecule has 0 unspecified atom stereocenters. The summed E-state index contributed by atoms with van der Waals surface area (Å²) in [6.07, 6.45) is 5.27. The second-order valence-electron chi connectivity index (χ2n) is 7.41. The maximum Gasteiger partial charge on any atom is 0.336 e. The van der Waals surface area contributed by atoms with Crippen LogP contribution in [0.15, 0.2) is 54.1 Å². The summed E-state index contributed by atoms with van der Waals surface area (Å²) >= 11 is 0. The predicted molar refractivity (Wildman–Crippen MR) is 125 cm³/mol. The van der Waals surface area contributed by atoms with Crippen LogP contribution in [0.25, 0.3) is 12.2 Å². The first kappa shape index (κ1) is 24.4. The number of carbonyl (C=O) groups excluding carboxylic acids is 2. The molecular formula is C26H28N2O4.